The normalized spacial score (nSPS) is 9.80. The van der Waals surface area contributed by atoms with Crippen LogP contribution in [0.1, 0.15) is 5.56 Å². The molecule has 2 aromatic rings. The summed E-state index contributed by atoms with van der Waals surface area (Å²) in [6, 6.07) is 11.8. The van der Waals surface area contributed by atoms with Crippen LogP contribution in [0.2, 0.25) is 0 Å². The number of nitriles is 1. The van der Waals surface area contributed by atoms with E-state index in [0.29, 0.717) is 23.7 Å². The van der Waals surface area contributed by atoms with E-state index in [-0.39, 0.29) is 12.2 Å². The molecule has 0 aliphatic rings. The summed E-state index contributed by atoms with van der Waals surface area (Å²) in [5.74, 6) is 0.955. The minimum absolute atomic E-state index is 0.222. The maximum Gasteiger partial charge on any atom is 0.267 e. The van der Waals surface area contributed by atoms with Crippen LogP contribution in [0.4, 0.5) is 0 Å². The molecule has 1 heterocycles. The number of nitrogens with zero attached hydrogens (tertiary/aromatic N) is 3. The average molecular weight is 271 g/mol. The summed E-state index contributed by atoms with van der Waals surface area (Å²) < 4.78 is 11.7. The van der Waals surface area contributed by atoms with Crippen LogP contribution in [0.3, 0.4) is 0 Å². The molecule has 0 unspecified atom stereocenters. The number of methoxy groups -OCH3 is 1. The zero-order chi connectivity index (χ0) is 14.4. The van der Waals surface area contributed by atoms with Gasteiger partial charge in [0.1, 0.15) is 12.4 Å². The standard InChI is InChI=1S/C14H13N3O3/c1-19-13-5-6-14(18)17(16-13)7-8-20-12-4-2-3-11(9-12)10-15/h2-6,9H,7-8H2,1H3. The molecule has 1 aromatic heterocycles. The number of hydrogen-bond acceptors (Lipinski definition) is 5. The minimum atomic E-state index is -0.222. The van der Waals surface area contributed by atoms with Crippen LogP contribution in [0.5, 0.6) is 11.6 Å². The molecule has 0 N–H and O–H groups in total. The van der Waals surface area contributed by atoms with E-state index in [1.54, 1.807) is 24.3 Å². The van der Waals surface area contributed by atoms with E-state index in [1.807, 2.05) is 6.07 Å². The molecule has 0 spiro atoms. The van der Waals surface area contributed by atoms with Crippen LogP contribution in [0, 0.1) is 11.3 Å². The molecule has 0 bridgehead atoms. The summed E-state index contributed by atoms with van der Waals surface area (Å²) >= 11 is 0. The second-order valence-corrected chi connectivity index (χ2v) is 3.93. The van der Waals surface area contributed by atoms with Gasteiger partial charge in [-0.25, -0.2) is 4.68 Å². The number of ether oxygens (including phenoxy) is 2. The van der Waals surface area contributed by atoms with E-state index < -0.39 is 0 Å². The van der Waals surface area contributed by atoms with Crippen molar-refractivity contribution < 1.29 is 9.47 Å². The van der Waals surface area contributed by atoms with E-state index in [0.717, 1.165) is 0 Å². The van der Waals surface area contributed by atoms with Gasteiger partial charge in [0.05, 0.1) is 25.3 Å². The lowest BCUT2D eigenvalue weighted by atomic mass is 10.2. The Morgan fingerprint density at radius 1 is 1.35 bits per heavy atom. The Bertz CT molecular complexity index is 689. The highest BCUT2D eigenvalue weighted by Gasteiger charge is 2.01. The predicted octanol–water partition coefficient (Wildman–Crippen LogP) is 1.20. The van der Waals surface area contributed by atoms with Gasteiger partial charge in [-0.15, -0.1) is 5.10 Å². The fourth-order valence-corrected chi connectivity index (χ4v) is 1.60. The molecule has 102 valence electrons. The monoisotopic (exact) mass is 271 g/mol. The van der Waals surface area contributed by atoms with Gasteiger partial charge in [-0.05, 0) is 18.2 Å². The molecule has 0 saturated carbocycles. The van der Waals surface area contributed by atoms with E-state index in [4.69, 9.17) is 14.7 Å². The number of benzene rings is 1. The van der Waals surface area contributed by atoms with Crippen molar-refractivity contribution >= 4 is 0 Å². The molecular weight excluding hydrogens is 258 g/mol. The summed E-state index contributed by atoms with van der Waals surface area (Å²) in [7, 11) is 1.49. The second kappa shape index (κ2) is 6.38. The minimum Gasteiger partial charge on any atom is -0.492 e. The van der Waals surface area contributed by atoms with Gasteiger partial charge in [0.2, 0.25) is 5.88 Å². The lowest BCUT2D eigenvalue weighted by Gasteiger charge is -2.08. The van der Waals surface area contributed by atoms with E-state index >= 15 is 0 Å². The highest BCUT2D eigenvalue weighted by molar-refractivity contribution is 5.36. The fraction of sp³-hybridized carbons (Fsp3) is 0.214. The van der Waals surface area contributed by atoms with E-state index in [9.17, 15) is 4.79 Å². The van der Waals surface area contributed by atoms with Gasteiger partial charge in [-0.1, -0.05) is 6.07 Å². The van der Waals surface area contributed by atoms with Gasteiger partial charge >= 0.3 is 0 Å². The third kappa shape index (κ3) is 3.36. The molecule has 6 heteroatoms. The van der Waals surface area contributed by atoms with Crippen molar-refractivity contribution in [2.75, 3.05) is 13.7 Å². The zero-order valence-corrected chi connectivity index (χ0v) is 10.9. The van der Waals surface area contributed by atoms with Crippen LogP contribution in [-0.2, 0) is 6.54 Å². The molecule has 0 saturated heterocycles. The Kier molecular flexibility index (Phi) is 4.35. The molecule has 2 rings (SSSR count). The first-order valence-corrected chi connectivity index (χ1v) is 5.98. The smallest absolute Gasteiger partial charge is 0.267 e. The molecule has 0 aliphatic heterocycles. The molecule has 20 heavy (non-hydrogen) atoms. The van der Waals surface area contributed by atoms with Gasteiger partial charge < -0.3 is 9.47 Å². The first-order valence-electron chi connectivity index (χ1n) is 5.98. The maximum atomic E-state index is 11.6. The van der Waals surface area contributed by atoms with Crippen molar-refractivity contribution in [3.63, 3.8) is 0 Å². The number of hydrogen-bond donors (Lipinski definition) is 0. The van der Waals surface area contributed by atoms with Gasteiger partial charge in [0.15, 0.2) is 0 Å². The van der Waals surface area contributed by atoms with Crippen molar-refractivity contribution in [1.29, 1.82) is 5.26 Å². The summed E-state index contributed by atoms with van der Waals surface area (Å²) in [5.41, 5.74) is 0.305. The molecule has 6 nitrogen and oxygen atoms in total. The lowest BCUT2D eigenvalue weighted by Crippen LogP contribution is -2.25. The second-order valence-electron chi connectivity index (χ2n) is 3.93. The van der Waals surface area contributed by atoms with Gasteiger partial charge in [0, 0.05) is 12.1 Å². The third-order valence-corrected chi connectivity index (χ3v) is 2.59. The maximum absolute atomic E-state index is 11.6. The Morgan fingerprint density at radius 2 is 2.20 bits per heavy atom. The first kappa shape index (κ1) is 13.6. The number of aromatic nitrogens is 2. The Morgan fingerprint density at radius 3 is 2.95 bits per heavy atom. The lowest BCUT2D eigenvalue weighted by molar-refractivity contribution is 0.282. The zero-order valence-electron chi connectivity index (χ0n) is 10.9. The van der Waals surface area contributed by atoms with E-state index in [2.05, 4.69) is 5.10 Å². The molecule has 1 aromatic carbocycles. The van der Waals surface area contributed by atoms with Crippen LogP contribution in [-0.4, -0.2) is 23.5 Å². The number of rotatable bonds is 5. The van der Waals surface area contributed by atoms with Crippen molar-refractivity contribution in [2.24, 2.45) is 0 Å². The van der Waals surface area contributed by atoms with Crippen LogP contribution < -0.4 is 15.0 Å². The molecule has 0 fully saturated rings. The molecule has 0 amide bonds. The van der Waals surface area contributed by atoms with Crippen molar-refractivity contribution in [1.82, 2.24) is 9.78 Å². The Hall–Kier alpha value is -2.81. The van der Waals surface area contributed by atoms with Crippen LogP contribution in [0.25, 0.3) is 0 Å². The molecule has 0 atom stereocenters. The fourth-order valence-electron chi connectivity index (χ4n) is 1.60. The van der Waals surface area contributed by atoms with Crippen molar-refractivity contribution in [2.45, 2.75) is 6.54 Å². The largest absolute Gasteiger partial charge is 0.492 e. The molecule has 0 radical (unpaired) electrons. The van der Waals surface area contributed by atoms with Crippen LogP contribution in [0.15, 0.2) is 41.2 Å². The molecule has 0 aliphatic carbocycles. The van der Waals surface area contributed by atoms with Crippen molar-refractivity contribution in [3.8, 4) is 17.7 Å². The molecular formula is C14H13N3O3. The Labute approximate surface area is 115 Å². The van der Waals surface area contributed by atoms with Gasteiger partial charge in [-0.2, -0.15) is 5.26 Å². The SMILES string of the molecule is COc1ccc(=O)n(CCOc2cccc(C#N)c2)n1. The van der Waals surface area contributed by atoms with Crippen LogP contribution >= 0.6 is 0 Å². The highest BCUT2D eigenvalue weighted by Crippen LogP contribution is 2.12. The van der Waals surface area contributed by atoms with Gasteiger partial charge in [0.25, 0.3) is 5.56 Å². The quantitative estimate of drug-likeness (QED) is 0.816. The summed E-state index contributed by atoms with van der Waals surface area (Å²) in [5, 5.41) is 12.8. The van der Waals surface area contributed by atoms with Gasteiger partial charge in [-0.3, -0.25) is 4.79 Å². The summed E-state index contributed by atoms with van der Waals surface area (Å²) in [6.45, 7) is 0.571. The summed E-state index contributed by atoms with van der Waals surface area (Å²) in [4.78, 5) is 11.6. The Balaban J connectivity index is 1.99. The van der Waals surface area contributed by atoms with Crippen molar-refractivity contribution in [3.05, 3.63) is 52.3 Å². The third-order valence-electron chi connectivity index (χ3n) is 2.59. The average Bonchev–Trinajstić information content (AvgIpc) is 2.49. The predicted molar refractivity (Wildman–Crippen MR) is 71.7 cm³/mol. The summed E-state index contributed by atoms with van der Waals surface area (Å²) in [6.07, 6.45) is 0. The first-order chi connectivity index (χ1) is 9.72. The van der Waals surface area contributed by atoms with E-state index in [1.165, 1.54) is 23.9 Å². The highest BCUT2D eigenvalue weighted by atomic mass is 16.5. The topological polar surface area (TPSA) is 77.1 Å².